The normalized spacial score (nSPS) is 14.8. The van der Waals surface area contributed by atoms with Crippen LogP contribution in [0.3, 0.4) is 0 Å². The smallest absolute Gasteiger partial charge is 0.256 e. The van der Waals surface area contributed by atoms with E-state index in [2.05, 4.69) is 152 Å². The van der Waals surface area contributed by atoms with Gasteiger partial charge in [-0.3, -0.25) is 14.7 Å². The Balaban J connectivity index is 0.00000140. The molecule has 0 aromatic heterocycles. The molecule has 1 aliphatic heterocycles. The zero-order valence-electron chi connectivity index (χ0n) is 33.1. The van der Waals surface area contributed by atoms with Gasteiger partial charge >= 0.3 is 0 Å². The van der Waals surface area contributed by atoms with Gasteiger partial charge in [0.2, 0.25) is 0 Å². The van der Waals surface area contributed by atoms with Crippen LogP contribution in [0, 0.1) is 0 Å². The summed E-state index contributed by atoms with van der Waals surface area (Å²) in [4.78, 5) is 23.1. The molecule has 0 bridgehead atoms. The lowest BCUT2D eigenvalue weighted by Gasteiger charge is -2.45. The van der Waals surface area contributed by atoms with Crippen molar-refractivity contribution in [2.24, 2.45) is 15.9 Å². The number of amides is 1. The summed E-state index contributed by atoms with van der Waals surface area (Å²) < 4.78 is 0. The van der Waals surface area contributed by atoms with Crippen molar-refractivity contribution >= 4 is 17.6 Å². The molecule has 6 heteroatoms. The number of carbonyl (C=O) groups is 1. The fourth-order valence-electron chi connectivity index (χ4n) is 8.21. The molecule has 7 rings (SSSR count). The maximum absolute atomic E-state index is 13.8. The summed E-state index contributed by atoms with van der Waals surface area (Å²) in [6, 6.07) is 48.6. The number of nitrogens with zero attached hydrogens (tertiary/aromatic N) is 4. The summed E-state index contributed by atoms with van der Waals surface area (Å²) in [6.07, 6.45) is 6.85. The second kappa shape index (κ2) is 19.0. The van der Waals surface area contributed by atoms with Crippen LogP contribution in [-0.2, 0) is 16.9 Å². The third-order valence-corrected chi connectivity index (χ3v) is 10.8. The highest BCUT2D eigenvalue weighted by Gasteiger charge is 2.49. The van der Waals surface area contributed by atoms with Crippen LogP contribution in [0.15, 0.2) is 163 Å². The van der Waals surface area contributed by atoms with E-state index in [9.17, 15) is 4.79 Å². The molecular weight excluding hydrogens is 675 g/mol. The van der Waals surface area contributed by atoms with Crippen LogP contribution in [0.25, 0.3) is 11.1 Å². The van der Waals surface area contributed by atoms with Gasteiger partial charge in [0.1, 0.15) is 16.9 Å². The number of hydrogen-bond acceptors (Lipinski definition) is 4. The molecule has 5 aromatic carbocycles. The predicted octanol–water partition coefficient (Wildman–Crippen LogP) is 11.0. The quantitative estimate of drug-likeness (QED) is 0.0367. The Kier molecular flexibility index (Phi) is 14.0. The van der Waals surface area contributed by atoms with E-state index >= 15 is 0 Å². The van der Waals surface area contributed by atoms with Crippen molar-refractivity contribution in [2.45, 2.75) is 83.3 Å². The number of rotatable bonds is 11. The first-order valence-corrected chi connectivity index (χ1v) is 19.8. The first-order chi connectivity index (χ1) is 27.0. The van der Waals surface area contributed by atoms with Crippen LogP contribution in [0.4, 0.5) is 0 Å². The molecule has 1 amide bonds. The third kappa shape index (κ3) is 8.05. The molecule has 0 unspecified atom stereocenters. The lowest BCUT2D eigenvalue weighted by molar-refractivity contribution is -0.131. The largest absolute Gasteiger partial charge is 0.340 e. The zero-order chi connectivity index (χ0) is 39.3. The van der Waals surface area contributed by atoms with Crippen molar-refractivity contribution in [3.05, 3.63) is 181 Å². The minimum Gasteiger partial charge on any atom is -0.340 e. The molecule has 1 heterocycles. The molecule has 0 radical (unpaired) electrons. The van der Waals surface area contributed by atoms with Crippen molar-refractivity contribution in [2.75, 3.05) is 7.05 Å². The number of hydrazone groups is 1. The summed E-state index contributed by atoms with van der Waals surface area (Å²) in [6.45, 7) is 12.7. The number of hydrogen-bond donors (Lipinski definition) is 1. The fraction of sp³-hybridized carbons (Fsp3) is 0.286. The Hall–Kier alpha value is -5.75. The Labute approximate surface area is 329 Å². The van der Waals surface area contributed by atoms with E-state index in [-0.39, 0.29) is 5.91 Å². The molecular formula is C49H57N5O. The van der Waals surface area contributed by atoms with Crippen molar-refractivity contribution < 1.29 is 4.79 Å². The van der Waals surface area contributed by atoms with Gasteiger partial charge in [-0.25, -0.2) is 0 Å². The molecule has 1 saturated carbocycles. The Morgan fingerprint density at radius 2 is 1.27 bits per heavy atom. The molecule has 1 fully saturated rings. The SMILES string of the molecule is C=C.CC.CCCCC1=NC2(CCCC2)C(=O)N1Cc1ccc(-c2ccccc2/C(=N/N)N(C)C(c2ccccc2)(c2ccccc2)c2ccccc2)cc1. The monoisotopic (exact) mass is 731 g/mol. The van der Waals surface area contributed by atoms with Gasteiger partial charge in [-0.2, -0.15) is 5.10 Å². The number of amidine groups is 2. The highest BCUT2D eigenvalue weighted by atomic mass is 16.2. The molecule has 2 aliphatic rings. The van der Waals surface area contributed by atoms with Crippen LogP contribution >= 0.6 is 0 Å². The van der Waals surface area contributed by atoms with Gasteiger partial charge < -0.3 is 10.7 Å². The summed E-state index contributed by atoms with van der Waals surface area (Å²) in [7, 11) is 2.08. The van der Waals surface area contributed by atoms with E-state index in [1.807, 2.05) is 43.0 Å². The Morgan fingerprint density at radius 3 is 1.76 bits per heavy atom. The number of nitrogens with two attached hydrogens (primary N) is 1. The topological polar surface area (TPSA) is 74.3 Å². The summed E-state index contributed by atoms with van der Waals surface area (Å²) in [5.74, 6) is 8.21. The van der Waals surface area contributed by atoms with Gasteiger partial charge in [-0.1, -0.05) is 180 Å². The Morgan fingerprint density at radius 1 is 0.782 bits per heavy atom. The minimum absolute atomic E-state index is 0.186. The van der Waals surface area contributed by atoms with Crippen molar-refractivity contribution in [3.8, 4) is 11.1 Å². The number of carbonyl (C=O) groups excluding carboxylic acids is 1. The minimum atomic E-state index is -0.741. The molecule has 0 saturated heterocycles. The second-order valence-electron chi connectivity index (χ2n) is 13.8. The van der Waals surface area contributed by atoms with Crippen LogP contribution in [0.2, 0.25) is 0 Å². The van der Waals surface area contributed by atoms with Gasteiger partial charge in [-0.15, -0.1) is 13.2 Å². The molecule has 55 heavy (non-hydrogen) atoms. The number of benzene rings is 5. The maximum Gasteiger partial charge on any atom is 0.256 e. The van der Waals surface area contributed by atoms with Crippen LogP contribution < -0.4 is 5.84 Å². The van der Waals surface area contributed by atoms with E-state index < -0.39 is 11.1 Å². The molecule has 2 N–H and O–H groups in total. The maximum atomic E-state index is 13.8. The van der Waals surface area contributed by atoms with Gasteiger partial charge in [-0.05, 0) is 52.6 Å². The first-order valence-electron chi connectivity index (χ1n) is 19.8. The van der Waals surface area contributed by atoms with E-state index in [4.69, 9.17) is 10.8 Å². The van der Waals surface area contributed by atoms with Crippen molar-refractivity contribution in [3.63, 3.8) is 0 Å². The highest BCUT2D eigenvalue weighted by molar-refractivity contribution is 6.08. The van der Waals surface area contributed by atoms with E-state index in [0.29, 0.717) is 12.4 Å². The van der Waals surface area contributed by atoms with Gasteiger partial charge in [0.25, 0.3) is 5.91 Å². The molecule has 5 aromatic rings. The van der Waals surface area contributed by atoms with Gasteiger partial charge in [0.05, 0.1) is 6.54 Å². The predicted molar refractivity (Wildman–Crippen MR) is 231 cm³/mol. The van der Waals surface area contributed by atoms with Crippen LogP contribution in [-0.4, -0.2) is 40.0 Å². The van der Waals surface area contributed by atoms with E-state index in [1.165, 1.54) is 0 Å². The lowest BCUT2D eigenvalue weighted by Crippen LogP contribution is -2.49. The molecule has 0 atom stereocenters. The highest BCUT2D eigenvalue weighted by Crippen LogP contribution is 2.44. The average molecular weight is 732 g/mol. The molecule has 1 spiro atoms. The van der Waals surface area contributed by atoms with E-state index in [1.54, 1.807) is 0 Å². The zero-order valence-corrected chi connectivity index (χ0v) is 33.1. The van der Waals surface area contributed by atoms with Gasteiger partial charge in [0, 0.05) is 19.0 Å². The summed E-state index contributed by atoms with van der Waals surface area (Å²) in [5, 5.41) is 4.53. The fourth-order valence-corrected chi connectivity index (χ4v) is 8.21. The number of unbranched alkanes of at least 4 members (excludes halogenated alkanes) is 1. The van der Waals surface area contributed by atoms with Crippen LogP contribution in [0.5, 0.6) is 0 Å². The average Bonchev–Trinajstić information content (AvgIpc) is 3.84. The summed E-state index contributed by atoms with van der Waals surface area (Å²) >= 11 is 0. The van der Waals surface area contributed by atoms with E-state index in [0.717, 1.165) is 89.7 Å². The lowest BCUT2D eigenvalue weighted by atomic mass is 9.75. The standard InChI is InChI=1S/C45H47N5O.C2H6.C2H4/c1-3-4-26-41-47-44(31-16-17-32-44)43(51)50(41)33-34-27-29-35(30-28-34)39-24-14-15-25-40(39)42(48-46)49(2)45(36-18-8-5-9-19-36,37-20-10-6-11-21-37)38-22-12-7-13-23-38;2*1-2/h5-15,18-25,27-30H,3-4,16-17,26,31-33,46H2,1-2H3;1-2H3;1-2H2/b48-42-;;. The van der Waals surface area contributed by atoms with Crippen LogP contribution in [0.1, 0.15) is 93.5 Å². The third-order valence-electron chi connectivity index (χ3n) is 10.8. The molecule has 1 aliphatic carbocycles. The second-order valence-corrected chi connectivity index (χ2v) is 13.8. The molecule has 284 valence electrons. The number of aliphatic imine (C=N–C) groups is 1. The molecule has 6 nitrogen and oxygen atoms in total. The van der Waals surface area contributed by atoms with Crippen molar-refractivity contribution in [1.29, 1.82) is 0 Å². The first kappa shape index (κ1) is 40.4. The van der Waals surface area contributed by atoms with Gasteiger partial charge in [0.15, 0.2) is 5.84 Å². The summed E-state index contributed by atoms with van der Waals surface area (Å²) in [5.41, 5.74) is 6.13. The Bertz CT molecular complexity index is 1920. The van der Waals surface area contributed by atoms with Crippen molar-refractivity contribution in [1.82, 2.24) is 9.80 Å².